The minimum Gasteiger partial charge on any atom is -0.492 e. The van der Waals surface area contributed by atoms with Crippen LogP contribution in [0.25, 0.3) is 0 Å². The molecule has 0 saturated heterocycles. The third-order valence-corrected chi connectivity index (χ3v) is 4.45. The van der Waals surface area contributed by atoms with Crippen LogP contribution in [0.4, 0.5) is 0 Å². The molecule has 0 spiro atoms. The molecule has 1 amide bonds. The van der Waals surface area contributed by atoms with Crippen molar-refractivity contribution in [3.63, 3.8) is 0 Å². The highest BCUT2D eigenvalue weighted by atomic mass is 16.5. The zero-order valence-electron chi connectivity index (χ0n) is 14.7. The highest BCUT2D eigenvalue weighted by Gasteiger charge is 2.30. The van der Waals surface area contributed by atoms with E-state index in [2.05, 4.69) is 5.32 Å². The summed E-state index contributed by atoms with van der Waals surface area (Å²) >= 11 is 0. The molecule has 136 valence electrons. The van der Waals surface area contributed by atoms with Gasteiger partial charge in [-0.2, -0.15) is 0 Å². The number of carbonyl (C=O) groups is 2. The number of carboxylic acid groups (broad SMARTS) is 1. The molecule has 2 aromatic rings. The quantitative estimate of drug-likeness (QED) is 0.832. The van der Waals surface area contributed by atoms with Crippen molar-refractivity contribution >= 4 is 11.9 Å². The van der Waals surface area contributed by atoms with Gasteiger partial charge in [-0.3, -0.25) is 4.79 Å². The Morgan fingerprint density at radius 1 is 1.23 bits per heavy atom. The Hall–Kier alpha value is -3.02. The molecule has 1 atom stereocenters. The van der Waals surface area contributed by atoms with Gasteiger partial charge in [-0.15, -0.1) is 0 Å². The molecule has 1 heterocycles. The summed E-state index contributed by atoms with van der Waals surface area (Å²) in [7, 11) is 0. The highest BCUT2D eigenvalue weighted by molar-refractivity contribution is 5.85. The average molecular weight is 355 g/mol. The molecule has 1 aliphatic heterocycles. The lowest BCUT2D eigenvalue weighted by atomic mass is 9.96. The molecule has 6 nitrogen and oxygen atoms in total. The number of aliphatic carboxylic acids is 1. The molecular formula is C20H21NO5. The van der Waals surface area contributed by atoms with Gasteiger partial charge in [0.25, 0.3) is 0 Å². The largest absolute Gasteiger partial charge is 0.492 e. The van der Waals surface area contributed by atoms with E-state index >= 15 is 0 Å². The fraction of sp³-hybridized carbons (Fsp3) is 0.300. The lowest BCUT2D eigenvalue weighted by molar-refractivity contribution is -0.139. The summed E-state index contributed by atoms with van der Waals surface area (Å²) in [6.45, 7) is 4.31. The van der Waals surface area contributed by atoms with Crippen LogP contribution in [-0.2, 0) is 16.1 Å². The van der Waals surface area contributed by atoms with Crippen molar-refractivity contribution in [2.45, 2.75) is 26.3 Å². The minimum atomic E-state index is -1.03. The lowest BCUT2D eigenvalue weighted by Gasteiger charge is -2.12. The van der Waals surface area contributed by atoms with Gasteiger partial charge in [0, 0.05) is 12.1 Å². The predicted octanol–water partition coefficient (Wildman–Crippen LogP) is 2.56. The van der Waals surface area contributed by atoms with Crippen LogP contribution in [0.3, 0.4) is 0 Å². The molecule has 0 bridgehead atoms. The van der Waals surface area contributed by atoms with Gasteiger partial charge < -0.3 is 19.9 Å². The van der Waals surface area contributed by atoms with Crippen molar-refractivity contribution in [3.05, 3.63) is 58.7 Å². The maximum Gasteiger partial charge on any atom is 0.341 e. The number of fused-ring (bicyclic) bond motifs is 1. The van der Waals surface area contributed by atoms with E-state index in [9.17, 15) is 9.59 Å². The van der Waals surface area contributed by atoms with Gasteiger partial charge in [0.05, 0.1) is 0 Å². The average Bonchev–Trinajstić information content (AvgIpc) is 3.01. The number of carbonyl (C=O) groups excluding carboxylic acids is 1. The summed E-state index contributed by atoms with van der Waals surface area (Å²) in [5.41, 5.74) is 4.03. The number of ether oxygens (including phenoxy) is 2. The summed E-state index contributed by atoms with van der Waals surface area (Å²) in [6, 6.07) is 11.0. The molecule has 1 aliphatic rings. The first-order chi connectivity index (χ1) is 12.4. The van der Waals surface area contributed by atoms with Gasteiger partial charge in [0.15, 0.2) is 6.61 Å². The second kappa shape index (κ2) is 7.47. The van der Waals surface area contributed by atoms with Crippen molar-refractivity contribution < 1.29 is 24.2 Å². The minimum absolute atomic E-state index is 0.0936. The number of rotatable bonds is 6. The van der Waals surface area contributed by atoms with E-state index < -0.39 is 12.6 Å². The number of aryl methyl sites for hydroxylation is 2. The first kappa shape index (κ1) is 17.8. The number of hydrogen-bond donors (Lipinski definition) is 2. The van der Waals surface area contributed by atoms with Crippen LogP contribution in [0, 0.1) is 13.8 Å². The summed E-state index contributed by atoms with van der Waals surface area (Å²) in [6.07, 6.45) is 0. The number of amides is 1. The van der Waals surface area contributed by atoms with Crippen LogP contribution in [0.5, 0.6) is 11.5 Å². The van der Waals surface area contributed by atoms with Crippen LogP contribution >= 0.6 is 0 Å². The zero-order chi connectivity index (χ0) is 18.7. The van der Waals surface area contributed by atoms with Gasteiger partial charge in [0.1, 0.15) is 24.0 Å². The molecule has 26 heavy (non-hydrogen) atoms. The second-order valence-electron chi connectivity index (χ2n) is 6.39. The van der Waals surface area contributed by atoms with Crippen LogP contribution in [0.1, 0.15) is 28.2 Å². The first-order valence-electron chi connectivity index (χ1n) is 8.39. The van der Waals surface area contributed by atoms with Crippen LogP contribution in [0.15, 0.2) is 36.4 Å². The fourth-order valence-electron chi connectivity index (χ4n) is 2.89. The Labute approximate surface area is 151 Å². The lowest BCUT2D eigenvalue weighted by Crippen LogP contribution is -2.29. The third kappa shape index (κ3) is 3.96. The normalized spacial score (nSPS) is 15.1. The Balaban J connectivity index is 1.63. The van der Waals surface area contributed by atoms with Crippen LogP contribution in [-0.4, -0.2) is 30.2 Å². The number of carboxylic acids is 1. The number of benzene rings is 2. The van der Waals surface area contributed by atoms with Crippen molar-refractivity contribution in [1.29, 1.82) is 0 Å². The smallest absolute Gasteiger partial charge is 0.341 e. The Bertz CT molecular complexity index is 846. The van der Waals surface area contributed by atoms with Gasteiger partial charge in [-0.05, 0) is 48.7 Å². The van der Waals surface area contributed by atoms with E-state index in [4.69, 9.17) is 14.6 Å². The Morgan fingerprint density at radius 2 is 2.00 bits per heavy atom. The van der Waals surface area contributed by atoms with Gasteiger partial charge in [-0.25, -0.2) is 4.79 Å². The van der Waals surface area contributed by atoms with Crippen molar-refractivity contribution in [2.24, 2.45) is 0 Å². The maximum atomic E-state index is 12.6. The molecule has 0 fully saturated rings. The molecule has 2 N–H and O–H groups in total. The van der Waals surface area contributed by atoms with Crippen molar-refractivity contribution in [3.8, 4) is 11.5 Å². The zero-order valence-corrected chi connectivity index (χ0v) is 14.7. The summed E-state index contributed by atoms with van der Waals surface area (Å²) < 4.78 is 10.8. The fourth-order valence-corrected chi connectivity index (χ4v) is 2.89. The maximum absolute atomic E-state index is 12.6. The van der Waals surface area contributed by atoms with Gasteiger partial charge in [0.2, 0.25) is 5.91 Å². The molecule has 0 aromatic heterocycles. The molecule has 0 aliphatic carbocycles. The molecule has 0 saturated carbocycles. The molecule has 3 rings (SSSR count). The Morgan fingerprint density at radius 3 is 2.77 bits per heavy atom. The topological polar surface area (TPSA) is 84.9 Å². The molecule has 2 aromatic carbocycles. The van der Waals surface area contributed by atoms with Crippen molar-refractivity contribution in [1.82, 2.24) is 5.32 Å². The number of hydrogen-bond acceptors (Lipinski definition) is 4. The Kier molecular flexibility index (Phi) is 5.11. The van der Waals surface area contributed by atoms with Crippen LogP contribution in [0.2, 0.25) is 0 Å². The van der Waals surface area contributed by atoms with E-state index in [1.165, 1.54) is 0 Å². The molecule has 6 heteroatoms. The summed E-state index contributed by atoms with van der Waals surface area (Å²) in [5.74, 6) is -0.217. The molecular weight excluding hydrogens is 334 g/mol. The SMILES string of the molecule is Cc1cc2c(cc1C)C(C(=O)NCc1cccc(OCC(=O)O)c1)CO2. The third-order valence-electron chi connectivity index (χ3n) is 4.45. The standard InChI is InChI=1S/C20H21NO5/c1-12-6-16-17(10-26-18(16)7-13(12)2)20(24)21-9-14-4-3-5-15(8-14)25-11-19(22)23/h3-8,17H,9-11H2,1-2H3,(H,21,24)(H,22,23). The number of nitrogens with one attached hydrogen (secondary N) is 1. The first-order valence-corrected chi connectivity index (χ1v) is 8.39. The monoisotopic (exact) mass is 355 g/mol. The van der Waals surface area contributed by atoms with E-state index in [1.807, 2.05) is 32.0 Å². The van der Waals surface area contributed by atoms with E-state index in [-0.39, 0.29) is 11.8 Å². The van der Waals surface area contributed by atoms with Gasteiger partial charge >= 0.3 is 5.97 Å². The summed E-state index contributed by atoms with van der Waals surface area (Å²) in [4.78, 5) is 23.1. The highest BCUT2D eigenvalue weighted by Crippen LogP contribution is 2.36. The predicted molar refractivity (Wildman–Crippen MR) is 95.6 cm³/mol. The van der Waals surface area contributed by atoms with E-state index in [0.29, 0.717) is 18.9 Å². The summed E-state index contributed by atoms with van der Waals surface area (Å²) in [5, 5.41) is 11.6. The van der Waals surface area contributed by atoms with Crippen LogP contribution < -0.4 is 14.8 Å². The van der Waals surface area contributed by atoms with Gasteiger partial charge in [-0.1, -0.05) is 18.2 Å². The van der Waals surface area contributed by atoms with Crippen molar-refractivity contribution in [2.75, 3.05) is 13.2 Å². The van der Waals surface area contributed by atoms with E-state index in [0.717, 1.165) is 28.0 Å². The van der Waals surface area contributed by atoms with E-state index in [1.54, 1.807) is 18.2 Å². The molecule has 0 radical (unpaired) electrons. The molecule has 1 unspecified atom stereocenters. The second-order valence-corrected chi connectivity index (χ2v) is 6.39.